The van der Waals surface area contributed by atoms with Gasteiger partial charge < -0.3 is 37.9 Å². The zero-order chi connectivity index (χ0) is 28.1. The van der Waals surface area contributed by atoms with Crippen molar-refractivity contribution in [3.05, 3.63) is 16.3 Å². The van der Waals surface area contributed by atoms with Crippen LogP contribution in [0.2, 0.25) is 0 Å². The van der Waals surface area contributed by atoms with E-state index in [1.807, 2.05) is 5.38 Å². The number of rotatable bonds is 7. The van der Waals surface area contributed by atoms with Crippen LogP contribution in [0.15, 0.2) is 11.4 Å². The highest BCUT2D eigenvalue weighted by Gasteiger charge is 2.37. The fraction of sp³-hybridized carbons (Fsp3) is 0.448. The molecule has 0 radical (unpaired) electrons. The minimum Gasteiger partial charge on any atom is -0.490 e. The van der Waals surface area contributed by atoms with Crippen LogP contribution in [0.5, 0.6) is 40.2 Å². The predicted molar refractivity (Wildman–Crippen MR) is 163 cm³/mol. The molecule has 7 rings (SSSR count). The topological polar surface area (TPSA) is 73.8 Å². The van der Waals surface area contributed by atoms with E-state index in [-0.39, 0.29) is 5.41 Å². The van der Waals surface area contributed by atoms with E-state index >= 15 is 0 Å². The molecule has 8 nitrogen and oxygen atoms in total. The van der Waals surface area contributed by atoms with Crippen LogP contribution in [0.1, 0.15) is 25.6 Å². The van der Waals surface area contributed by atoms with Crippen molar-refractivity contribution in [2.75, 3.05) is 60.0 Å². The molecule has 0 N–H and O–H groups in total. The standard InChI is InChI=1S/C29H30O8S4/c1-29(2,3)28-22-21(36-11-12-37-22)27(41-28)26-20-19(34-9-10-35-20)25(40-26)23-15(31-6-5-30-4)13-17(39-23)24-18-16(14-38-24)32-7-8-33-18/h13-14H,5-12H2,1-4H3. The number of thiophene rings is 4. The number of hydrogen-bond donors (Lipinski definition) is 0. The first-order valence-electron chi connectivity index (χ1n) is 13.4. The van der Waals surface area contributed by atoms with Gasteiger partial charge in [-0.3, -0.25) is 0 Å². The second kappa shape index (κ2) is 10.9. The molecule has 0 amide bonds. The largest absolute Gasteiger partial charge is 0.490 e. The van der Waals surface area contributed by atoms with E-state index in [1.54, 1.807) is 52.5 Å². The van der Waals surface area contributed by atoms with E-state index in [2.05, 4.69) is 26.8 Å². The van der Waals surface area contributed by atoms with Crippen LogP contribution < -0.4 is 33.2 Å². The molecule has 0 atom stereocenters. The van der Waals surface area contributed by atoms with Gasteiger partial charge in [-0.2, -0.15) is 0 Å². The molecule has 218 valence electrons. The van der Waals surface area contributed by atoms with E-state index in [4.69, 9.17) is 37.9 Å². The summed E-state index contributed by atoms with van der Waals surface area (Å²) in [6, 6.07) is 2.08. The van der Waals surface area contributed by atoms with Crippen molar-refractivity contribution in [3.63, 3.8) is 0 Å². The minimum atomic E-state index is -0.0954. The monoisotopic (exact) mass is 634 g/mol. The predicted octanol–water partition coefficient (Wildman–Crippen LogP) is 7.57. The van der Waals surface area contributed by atoms with Gasteiger partial charge in [0.25, 0.3) is 0 Å². The summed E-state index contributed by atoms with van der Waals surface area (Å²) >= 11 is 6.62. The Labute approximate surface area is 254 Å². The molecule has 0 spiro atoms. The SMILES string of the molecule is COCCOc1cc(-c2scc3c2OCCO3)sc1-c1sc(-c2sc(C(C)(C)C)c3c2OCCO3)c2c1OCCO2. The lowest BCUT2D eigenvalue weighted by molar-refractivity contribution is 0.147. The molecule has 0 saturated carbocycles. The maximum atomic E-state index is 6.30. The molecule has 0 saturated heterocycles. The lowest BCUT2D eigenvalue weighted by atomic mass is 9.94. The fourth-order valence-corrected chi connectivity index (χ4v) is 9.70. The Bertz CT molecular complexity index is 1570. The lowest BCUT2D eigenvalue weighted by Crippen LogP contribution is -2.18. The Kier molecular flexibility index (Phi) is 7.22. The molecule has 3 aliphatic heterocycles. The quantitative estimate of drug-likeness (QED) is 0.193. The molecule has 4 aromatic rings. The molecule has 7 heterocycles. The first-order valence-corrected chi connectivity index (χ1v) is 16.8. The van der Waals surface area contributed by atoms with Crippen molar-refractivity contribution in [1.82, 2.24) is 0 Å². The zero-order valence-electron chi connectivity index (χ0n) is 23.2. The van der Waals surface area contributed by atoms with Gasteiger partial charge in [0.05, 0.1) is 40.7 Å². The lowest BCUT2D eigenvalue weighted by Gasteiger charge is -2.22. The summed E-state index contributed by atoms with van der Waals surface area (Å²) in [6.45, 7) is 10.6. The van der Waals surface area contributed by atoms with Gasteiger partial charge in [-0.15, -0.1) is 45.3 Å². The summed E-state index contributed by atoms with van der Waals surface area (Å²) in [4.78, 5) is 7.19. The zero-order valence-corrected chi connectivity index (χ0v) is 26.5. The molecule has 0 aliphatic carbocycles. The van der Waals surface area contributed by atoms with Gasteiger partial charge in [0.1, 0.15) is 52.0 Å². The van der Waals surface area contributed by atoms with Crippen LogP contribution in [0.25, 0.3) is 29.3 Å². The van der Waals surface area contributed by atoms with Crippen LogP contribution in [-0.2, 0) is 10.2 Å². The molecular weight excluding hydrogens is 605 g/mol. The van der Waals surface area contributed by atoms with Gasteiger partial charge in [-0.25, -0.2) is 0 Å². The maximum Gasteiger partial charge on any atom is 0.181 e. The van der Waals surface area contributed by atoms with Crippen LogP contribution in [0.3, 0.4) is 0 Å². The van der Waals surface area contributed by atoms with Crippen LogP contribution >= 0.6 is 45.3 Å². The third kappa shape index (κ3) is 4.83. The van der Waals surface area contributed by atoms with Crippen molar-refractivity contribution >= 4 is 45.3 Å². The summed E-state index contributed by atoms with van der Waals surface area (Å²) in [7, 11) is 1.67. The second-order valence-electron chi connectivity index (χ2n) is 10.6. The maximum absolute atomic E-state index is 6.30. The molecular formula is C29H30O8S4. The number of fused-ring (bicyclic) bond motifs is 3. The van der Waals surface area contributed by atoms with Gasteiger partial charge in [0.2, 0.25) is 0 Å². The molecule has 4 aromatic heterocycles. The summed E-state index contributed by atoms with van der Waals surface area (Å²) in [5.74, 6) is 5.48. The van der Waals surface area contributed by atoms with Gasteiger partial charge in [-0.1, -0.05) is 20.8 Å². The highest BCUT2D eigenvalue weighted by atomic mass is 32.1. The van der Waals surface area contributed by atoms with Crippen molar-refractivity contribution in [3.8, 4) is 69.5 Å². The number of hydrogen-bond acceptors (Lipinski definition) is 12. The Balaban J connectivity index is 1.38. The van der Waals surface area contributed by atoms with Crippen molar-refractivity contribution in [2.45, 2.75) is 26.2 Å². The van der Waals surface area contributed by atoms with Gasteiger partial charge in [0.15, 0.2) is 34.5 Å². The molecule has 0 unspecified atom stereocenters. The molecule has 0 bridgehead atoms. The third-order valence-electron chi connectivity index (χ3n) is 6.66. The van der Waals surface area contributed by atoms with Gasteiger partial charge >= 0.3 is 0 Å². The van der Waals surface area contributed by atoms with Crippen LogP contribution in [0, 0.1) is 0 Å². The van der Waals surface area contributed by atoms with Crippen LogP contribution in [0.4, 0.5) is 0 Å². The summed E-state index contributed by atoms with van der Waals surface area (Å²) in [5, 5.41) is 2.01. The fourth-order valence-electron chi connectivity index (χ4n) is 4.86. The summed E-state index contributed by atoms with van der Waals surface area (Å²) in [5.41, 5.74) is -0.0954. The van der Waals surface area contributed by atoms with E-state index < -0.39 is 0 Å². The normalized spacial score (nSPS) is 15.7. The van der Waals surface area contributed by atoms with Gasteiger partial charge in [-0.05, 0) is 0 Å². The second-order valence-corrected chi connectivity index (χ2v) is 14.6. The minimum absolute atomic E-state index is 0.0954. The first kappa shape index (κ1) is 27.2. The average Bonchev–Trinajstić information content (AvgIpc) is 3.75. The van der Waals surface area contributed by atoms with Crippen LogP contribution in [-0.4, -0.2) is 60.0 Å². The number of methoxy groups -OCH3 is 1. The Hall–Kier alpha value is -2.64. The van der Waals surface area contributed by atoms with E-state index in [1.165, 1.54) is 0 Å². The third-order valence-corrected chi connectivity index (χ3v) is 12.0. The smallest absolute Gasteiger partial charge is 0.181 e. The Morgan fingerprint density at radius 1 is 0.659 bits per heavy atom. The number of ether oxygens (including phenoxy) is 8. The highest BCUT2D eigenvalue weighted by Crippen LogP contribution is 2.63. The average molecular weight is 635 g/mol. The van der Waals surface area contributed by atoms with E-state index in [0.717, 1.165) is 74.4 Å². The van der Waals surface area contributed by atoms with E-state index in [9.17, 15) is 0 Å². The molecule has 41 heavy (non-hydrogen) atoms. The first-order chi connectivity index (χ1) is 19.9. The Morgan fingerprint density at radius 3 is 1.93 bits per heavy atom. The molecule has 12 heteroatoms. The highest BCUT2D eigenvalue weighted by molar-refractivity contribution is 7.29. The molecule has 0 fully saturated rings. The van der Waals surface area contributed by atoms with E-state index in [0.29, 0.717) is 52.9 Å². The Morgan fingerprint density at radius 2 is 1.24 bits per heavy atom. The van der Waals surface area contributed by atoms with Crippen molar-refractivity contribution < 1.29 is 37.9 Å². The van der Waals surface area contributed by atoms with Gasteiger partial charge in [0, 0.05) is 24.0 Å². The summed E-state index contributed by atoms with van der Waals surface area (Å²) < 4.78 is 48.3. The molecule has 3 aliphatic rings. The molecule has 0 aromatic carbocycles. The van der Waals surface area contributed by atoms with Crippen molar-refractivity contribution in [1.29, 1.82) is 0 Å². The van der Waals surface area contributed by atoms with Crippen molar-refractivity contribution in [2.24, 2.45) is 0 Å². The summed E-state index contributed by atoms with van der Waals surface area (Å²) in [6.07, 6.45) is 0.